The van der Waals surface area contributed by atoms with Crippen LogP contribution < -0.4 is 0 Å². The number of nitrogens with zero attached hydrogens (tertiary/aromatic N) is 1. The highest BCUT2D eigenvalue weighted by Gasteiger charge is 2.00. The van der Waals surface area contributed by atoms with Crippen LogP contribution in [0.5, 0.6) is 0 Å². The van der Waals surface area contributed by atoms with Crippen LogP contribution in [0.15, 0.2) is 31.4 Å². The molecule has 0 amide bonds. The zero-order valence-corrected chi connectivity index (χ0v) is 6.67. The van der Waals surface area contributed by atoms with Crippen molar-refractivity contribution in [3.63, 3.8) is 0 Å². The van der Waals surface area contributed by atoms with Crippen LogP contribution in [0, 0.1) is 17.4 Å². The molecule has 0 aliphatic rings. The van der Waals surface area contributed by atoms with Crippen molar-refractivity contribution in [2.45, 2.75) is 0 Å². The summed E-state index contributed by atoms with van der Waals surface area (Å²) in [6, 6.07) is 7.49. The average Bonchev–Trinajstić information content (AvgIpc) is 2.16. The highest BCUT2D eigenvalue weighted by Crippen LogP contribution is 2.14. The molecule has 1 heteroatoms. The molecule has 0 saturated heterocycles. The summed E-state index contributed by atoms with van der Waals surface area (Å²) in [6.45, 7) is 7.16. The zero-order chi connectivity index (χ0) is 8.97. The molecule has 57 valence electrons. The fourth-order valence-electron chi connectivity index (χ4n) is 1.04. The van der Waals surface area contributed by atoms with Crippen LogP contribution in [0.25, 0.3) is 6.08 Å². The van der Waals surface area contributed by atoms with E-state index in [9.17, 15) is 0 Å². The van der Waals surface area contributed by atoms with Crippen molar-refractivity contribution < 1.29 is 0 Å². The number of hydrogen-bond acceptors (Lipinski definition) is 1. The maximum Gasteiger partial charge on any atom is 0.0998 e. The van der Waals surface area contributed by atoms with Crippen LogP contribution in [0.1, 0.15) is 16.7 Å². The number of hydrogen-bond donors (Lipinski definition) is 0. The predicted molar refractivity (Wildman–Crippen MR) is 49.2 cm³/mol. The highest BCUT2D eigenvalue weighted by atomic mass is 14.2. The van der Waals surface area contributed by atoms with Crippen LogP contribution in [-0.2, 0) is 0 Å². The zero-order valence-electron chi connectivity index (χ0n) is 6.67. The Morgan fingerprint density at radius 1 is 1.33 bits per heavy atom. The van der Waals surface area contributed by atoms with Gasteiger partial charge in [0.15, 0.2) is 0 Å². The van der Waals surface area contributed by atoms with Gasteiger partial charge in [-0.15, -0.1) is 0 Å². The summed E-state index contributed by atoms with van der Waals surface area (Å²) in [7, 11) is 0. The molecule has 0 N–H and O–H groups in total. The largest absolute Gasteiger partial charge is 0.192 e. The fraction of sp³-hybridized carbons (Fsp3) is 0. The third-order valence-electron chi connectivity index (χ3n) is 1.62. The third kappa shape index (κ3) is 1.28. The van der Waals surface area contributed by atoms with E-state index in [-0.39, 0.29) is 0 Å². The molecule has 0 fully saturated rings. The van der Waals surface area contributed by atoms with Gasteiger partial charge < -0.3 is 0 Å². The van der Waals surface area contributed by atoms with Gasteiger partial charge in [-0.2, -0.15) is 5.26 Å². The molecule has 0 aliphatic heterocycles. The maximum atomic E-state index is 8.72. The molecule has 1 rings (SSSR count). The molecule has 0 saturated carbocycles. The summed E-state index contributed by atoms with van der Waals surface area (Å²) in [4.78, 5) is 0. The Labute approximate surface area is 72.3 Å². The minimum atomic E-state index is 0.610. The second-order valence-corrected chi connectivity index (χ2v) is 2.26. The van der Waals surface area contributed by atoms with E-state index in [4.69, 9.17) is 5.26 Å². The molecule has 0 bridgehead atoms. The monoisotopic (exact) mass is 154 g/mol. The molecule has 1 aromatic rings. The van der Waals surface area contributed by atoms with E-state index >= 15 is 0 Å². The third-order valence-corrected chi connectivity index (χ3v) is 1.62. The summed E-state index contributed by atoms with van der Waals surface area (Å²) < 4.78 is 0. The summed E-state index contributed by atoms with van der Waals surface area (Å²) in [5, 5.41) is 8.72. The standard InChI is InChI=1S/C11H8N/c1-3-9-6-5-7-10(8-12)11(9)4-2/h4-7H,1-2H2. The fourth-order valence-corrected chi connectivity index (χ4v) is 1.04. The van der Waals surface area contributed by atoms with Gasteiger partial charge in [0.25, 0.3) is 0 Å². The number of benzene rings is 1. The van der Waals surface area contributed by atoms with Crippen molar-refractivity contribution in [1.82, 2.24) is 0 Å². The first kappa shape index (κ1) is 8.29. The van der Waals surface area contributed by atoms with Gasteiger partial charge in [-0.3, -0.25) is 0 Å². The van der Waals surface area contributed by atoms with Crippen molar-refractivity contribution in [2.24, 2.45) is 0 Å². The second kappa shape index (κ2) is 3.54. The van der Waals surface area contributed by atoms with Gasteiger partial charge in [0.1, 0.15) is 0 Å². The van der Waals surface area contributed by atoms with E-state index in [1.54, 1.807) is 18.2 Å². The Morgan fingerprint density at radius 3 is 2.50 bits per heavy atom. The van der Waals surface area contributed by atoms with Crippen LogP contribution in [0.3, 0.4) is 0 Å². The summed E-state index contributed by atoms with van der Waals surface area (Å²) in [6.07, 6.45) is 4.39. The Balaban J connectivity index is 3.44. The molecule has 0 unspecified atom stereocenters. The Kier molecular flexibility index (Phi) is 2.45. The molecule has 1 aromatic carbocycles. The van der Waals surface area contributed by atoms with Crippen LogP contribution in [-0.4, -0.2) is 0 Å². The lowest BCUT2D eigenvalue weighted by Crippen LogP contribution is -1.86. The van der Waals surface area contributed by atoms with Crippen LogP contribution >= 0.6 is 0 Å². The second-order valence-electron chi connectivity index (χ2n) is 2.26. The number of rotatable bonds is 2. The Bertz CT molecular complexity index is 356. The molecular weight excluding hydrogens is 146 g/mol. The van der Waals surface area contributed by atoms with Gasteiger partial charge in [0.2, 0.25) is 0 Å². The first-order chi connectivity index (χ1) is 5.83. The maximum absolute atomic E-state index is 8.72. The normalized spacial score (nSPS) is 8.58. The van der Waals surface area contributed by atoms with E-state index in [0.29, 0.717) is 5.56 Å². The number of nitriles is 1. The first-order valence-electron chi connectivity index (χ1n) is 3.52. The SMILES string of the molecule is C=[C]c1cccc(C#N)c1C=C. The summed E-state index contributed by atoms with van der Waals surface area (Å²) in [5.74, 6) is 0. The smallest absolute Gasteiger partial charge is 0.0998 e. The van der Waals surface area contributed by atoms with E-state index in [2.05, 4.69) is 25.3 Å². The van der Waals surface area contributed by atoms with Crippen molar-refractivity contribution >= 4 is 6.08 Å². The topological polar surface area (TPSA) is 23.8 Å². The molecule has 1 nitrogen and oxygen atoms in total. The lowest BCUT2D eigenvalue weighted by molar-refractivity contribution is 1.44. The lowest BCUT2D eigenvalue weighted by Gasteiger charge is -2.00. The summed E-state index contributed by atoms with van der Waals surface area (Å²) >= 11 is 0. The average molecular weight is 154 g/mol. The van der Waals surface area contributed by atoms with Gasteiger partial charge in [-0.1, -0.05) is 31.4 Å². The van der Waals surface area contributed by atoms with Crippen LogP contribution in [0.4, 0.5) is 0 Å². The molecule has 0 aromatic heterocycles. The minimum Gasteiger partial charge on any atom is -0.192 e. The van der Waals surface area contributed by atoms with E-state index in [0.717, 1.165) is 11.1 Å². The first-order valence-corrected chi connectivity index (χ1v) is 3.52. The Morgan fingerprint density at radius 2 is 2.00 bits per heavy atom. The Hall–Kier alpha value is -1.81. The summed E-state index contributed by atoms with van der Waals surface area (Å²) in [5.41, 5.74) is 2.23. The van der Waals surface area contributed by atoms with E-state index in [1.807, 2.05) is 6.07 Å². The van der Waals surface area contributed by atoms with Crippen LogP contribution in [0.2, 0.25) is 0 Å². The van der Waals surface area contributed by atoms with Crippen molar-refractivity contribution in [1.29, 1.82) is 5.26 Å². The van der Waals surface area contributed by atoms with Gasteiger partial charge in [0.05, 0.1) is 11.6 Å². The quantitative estimate of drug-likeness (QED) is 0.642. The molecule has 0 spiro atoms. The van der Waals surface area contributed by atoms with Gasteiger partial charge in [-0.25, -0.2) is 0 Å². The highest BCUT2D eigenvalue weighted by molar-refractivity contribution is 5.61. The van der Waals surface area contributed by atoms with Crippen molar-refractivity contribution in [3.8, 4) is 6.07 Å². The lowest BCUT2D eigenvalue weighted by atomic mass is 10.0. The molecule has 1 radical (unpaired) electrons. The van der Waals surface area contributed by atoms with Crippen molar-refractivity contribution in [2.75, 3.05) is 0 Å². The van der Waals surface area contributed by atoms with Gasteiger partial charge in [-0.05, 0) is 23.3 Å². The minimum absolute atomic E-state index is 0.610. The van der Waals surface area contributed by atoms with Gasteiger partial charge >= 0.3 is 0 Å². The van der Waals surface area contributed by atoms with Crippen molar-refractivity contribution in [3.05, 3.63) is 54.1 Å². The molecule has 0 heterocycles. The molecule has 0 atom stereocenters. The molecule has 12 heavy (non-hydrogen) atoms. The van der Waals surface area contributed by atoms with Gasteiger partial charge in [0, 0.05) is 0 Å². The predicted octanol–water partition coefficient (Wildman–Crippen LogP) is 2.54. The van der Waals surface area contributed by atoms with E-state index < -0.39 is 0 Å². The van der Waals surface area contributed by atoms with E-state index in [1.165, 1.54) is 0 Å². The molecular formula is C11H8N. The molecule has 0 aliphatic carbocycles.